The second-order valence-electron chi connectivity index (χ2n) is 3.58. The highest BCUT2D eigenvalue weighted by Gasteiger charge is 2.14. The molecule has 1 saturated heterocycles. The highest BCUT2D eigenvalue weighted by Crippen LogP contribution is 2.15. The van der Waals surface area contributed by atoms with Crippen LogP contribution >= 0.6 is 0 Å². The van der Waals surface area contributed by atoms with Crippen molar-refractivity contribution in [1.29, 1.82) is 0 Å². The fourth-order valence-electron chi connectivity index (χ4n) is 1.55. The van der Waals surface area contributed by atoms with E-state index in [0.29, 0.717) is 17.8 Å². The fraction of sp³-hybridized carbons (Fsp3) is 0.778. The molecule has 0 atom stereocenters. The van der Waals surface area contributed by atoms with Gasteiger partial charge in [-0.3, -0.25) is 0 Å². The number of rotatable bonds is 3. The molecule has 1 aliphatic heterocycles. The van der Waals surface area contributed by atoms with Crippen molar-refractivity contribution in [3.05, 3.63) is 5.82 Å². The molecule has 1 N–H and O–H groups in total. The summed E-state index contributed by atoms with van der Waals surface area (Å²) in [6.07, 6.45) is 2.22. The van der Waals surface area contributed by atoms with Crippen LogP contribution in [0.3, 0.4) is 0 Å². The lowest BCUT2D eigenvalue weighted by Gasteiger charge is -2.21. The van der Waals surface area contributed by atoms with Crippen molar-refractivity contribution in [1.82, 2.24) is 10.1 Å². The number of aryl methyl sites for hydroxylation is 1. The third-order valence-corrected chi connectivity index (χ3v) is 2.41. The number of nitrogens with zero attached hydrogens (tertiary/aromatic N) is 2. The number of hydrogen-bond donors (Lipinski definition) is 1. The van der Waals surface area contributed by atoms with Gasteiger partial charge in [0.2, 0.25) is 0 Å². The first-order valence-corrected chi connectivity index (χ1v) is 4.96. The van der Waals surface area contributed by atoms with E-state index in [1.165, 1.54) is 0 Å². The maximum atomic E-state index is 5.28. The maximum absolute atomic E-state index is 5.28. The predicted octanol–water partition coefficient (Wildman–Crippen LogP) is 1.22. The predicted molar refractivity (Wildman–Crippen MR) is 51.1 cm³/mol. The zero-order valence-corrected chi connectivity index (χ0v) is 8.32. The SMILES string of the molecule is Cc1noc(NCC2CCOCC2)n1. The Balaban J connectivity index is 1.76. The summed E-state index contributed by atoms with van der Waals surface area (Å²) >= 11 is 0. The summed E-state index contributed by atoms with van der Waals surface area (Å²) < 4.78 is 10.2. The zero-order valence-electron chi connectivity index (χ0n) is 8.32. The van der Waals surface area contributed by atoms with Crippen molar-refractivity contribution < 1.29 is 9.26 Å². The molecule has 0 radical (unpaired) electrons. The molecule has 5 heteroatoms. The minimum atomic E-state index is 0.522. The van der Waals surface area contributed by atoms with Crippen LogP contribution < -0.4 is 5.32 Å². The second-order valence-corrected chi connectivity index (χ2v) is 3.58. The van der Waals surface area contributed by atoms with Gasteiger partial charge in [-0.1, -0.05) is 5.16 Å². The van der Waals surface area contributed by atoms with E-state index in [0.717, 1.165) is 32.6 Å². The van der Waals surface area contributed by atoms with Crippen LogP contribution in [0.5, 0.6) is 0 Å². The average Bonchev–Trinajstić information content (AvgIpc) is 2.63. The first kappa shape index (κ1) is 9.45. The maximum Gasteiger partial charge on any atom is 0.321 e. The lowest BCUT2D eigenvalue weighted by Crippen LogP contribution is -2.22. The number of hydrogen-bond acceptors (Lipinski definition) is 5. The molecule has 0 saturated carbocycles. The van der Waals surface area contributed by atoms with Crippen molar-refractivity contribution in [3.8, 4) is 0 Å². The average molecular weight is 197 g/mol. The van der Waals surface area contributed by atoms with Gasteiger partial charge >= 0.3 is 6.01 Å². The van der Waals surface area contributed by atoms with Crippen molar-refractivity contribution in [2.75, 3.05) is 25.1 Å². The van der Waals surface area contributed by atoms with E-state index in [9.17, 15) is 0 Å². The molecule has 2 rings (SSSR count). The van der Waals surface area contributed by atoms with Crippen molar-refractivity contribution in [2.45, 2.75) is 19.8 Å². The van der Waals surface area contributed by atoms with E-state index in [2.05, 4.69) is 15.5 Å². The van der Waals surface area contributed by atoms with Crippen LogP contribution in [0, 0.1) is 12.8 Å². The Kier molecular flexibility index (Phi) is 2.98. The lowest BCUT2D eigenvalue weighted by molar-refractivity contribution is 0.0697. The molecule has 1 fully saturated rings. The van der Waals surface area contributed by atoms with Crippen molar-refractivity contribution in [3.63, 3.8) is 0 Å². The summed E-state index contributed by atoms with van der Waals surface area (Å²) in [5, 5.41) is 6.85. The summed E-state index contributed by atoms with van der Waals surface area (Å²) in [7, 11) is 0. The third kappa shape index (κ3) is 2.45. The molecule has 14 heavy (non-hydrogen) atoms. The van der Waals surface area contributed by atoms with Gasteiger partial charge in [-0.05, 0) is 25.7 Å². The third-order valence-electron chi connectivity index (χ3n) is 2.41. The molecular formula is C9H15N3O2. The summed E-state index contributed by atoms with van der Waals surface area (Å²) in [5.41, 5.74) is 0. The number of nitrogens with one attached hydrogen (secondary N) is 1. The Morgan fingerprint density at radius 1 is 1.43 bits per heavy atom. The number of anilines is 1. The Hall–Kier alpha value is -1.10. The van der Waals surface area contributed by atoms with Crippen LogP contribution in [-0.4, -0.2) is 29.9 Å². The molecule has 78 valence electrons. The van der Waals surface area contributed by atoms with Gasteiger partial charge in [0.15, 0.2) is 5.82 Å². The second kappa shape index (κ2) is 4.41. The van der Waals surface area contributed by atoms with Gasteiger partial charge in [0.1, 0.15) is 0 Å². The van der Waals surface area contributed by atoms with Gasteiger partial charge in [-0.15, -0.1) is 0 Å². The summed E-state index contributed by atoms with van der Waals surface area (Å²) in [5.74, 6) is 1.33. The van der Waals surface area contributed by atoms with Crippen LogP contribution in [0.15, 0.2) is 4.52 Å². The van der Waals surface area contributed by atoms with Crippen LogP contribution in [-0.2, 0) is 4.74 Å². The van der Waals surface area contributed by atoms with Gasteiger partial charge in [0.25, 0.3) is 0 Å². The topological polar surface area (TPSA) is 60.2 Å². The van der Waals surface area contributed by atoms with E-state index in [-0.39, 0.29) is 0 Å². The van der Waals surface area contributed by atoms with Crippen LogP contribution in [0.25, 0.3) is 0 Å². The molecule has 1 aromatic rings. The molecular weight excluding hydrogens is 182 g/mol. The van der Waals surface area contributed by atoms with E-state index in [1.807, 2.05) is 6.92 Å². The Morgan fingerprint density at radius 3 is 2.86 bits per heavy atom. The molecule has 0 spiro atoms. The largest absolute Gasteiger partial charge is 0.381 e. The smallest absolute Gasteiger partial charge is 0.321 e. The molecule has 2 heterocycles. The Morgan fingerprint density at radius 2 is 2.21 bits per heavy atom. The summed E-state index contributed by atoms with van der Waals surface area (Å²) in [4.78, 5) is 4.07. The molecule has 1 aliphatic rings. The standard InChI is InChI=1S/C9H15N3O2/c1-7-11-9(14-12-7)10-6-8-2-4-13-5-3-8/h8H,2-6H2,1H3,(H,10,11,12). The Bertz CT molecular complexity index is 281. The van der Waals surface area contributed by atoms with E-state index < -0.39 is 0 Å². The molecule has 5 nitrogen and oxygen atoms in total. The summed E-state index contributed by atoms with van der Waals surface area (Å²) in [6, 6.07) is 0.522. The minimum absolute atomic E-state index is 0.522. The van der Waals surface area contributed by atoms with Crippen LogP contribution in [0.2, 0.25) is 0 Å². The molecule has 0 amide bonds. The molecule has 0 aliphatic carbocycles. The lowest BCUT2D eigenvalue weighted by atomic mass is 10.0. The monoisotopic (exact) mass is 197 g/mol. The normalized spacial score (nSPS) is 18.4. The van der Waals surface area contributed by atoms with Gasteiger partial charge in [-0.25, -0.2) is 0 Å². The molecule has 0 aromatic carbocycles. The molecule has 0 unspecified atom stereocenters. The first-order chi connectivity index (χ1) is 6.84. The fourth-order valence-corrected chi connectivity index (χ4v) is 1.55. The minimum Gasteiger partial charge on any atom is -0.381 e. The Labute approximate surface area is 82.8 Å². The van der Waals surface area contributed by atoms with Crippen LogP contribution in [0.1, 0.15) is 18.7 Å². The molecule has 1 aromatic heterocycles. The first-order valence-electron chi connectivity index (χ1n) is 4.96. The number of ether oxygens (including phenoxy) is 1. The van der Waals surface area contributed by atoms with Gasteiger partial charge in [0, 0.05) is 19.8 Å². The molecule has 0 bridgehead atoms. The quantitative estimate of drug-likeness (QED) is 0.789. The van der Waals surface area contributed by atoms with Crippen LogP contribution in [0.4, 0.5) is 6.01 Å². The van der Waals surface area contributed by atoms with E-state index in [1.54, 1.807) is 0 Å². The van der Waals surface area contributed by atoms with Gasteiger partial charge in [0.05, 0.1) is 0 Å². The van der Waals surface area contributed by atoms with E-state index in [4.69, 9.17) is 9.26 Å². The van der Waals surface area contributed by atoms with Crippen molar-refractivity contribution >= 4 is 6.01 Å². The highest BCUT2D eigenvalue weighted by molar-refractivity contribution is 5.17. The highest BCUT2D eigenvalue weighted by atomic mass is 16.5. The van der Waals surface area contributed by atoms with E-state index >= 15 is 0 Å². The van der Waals surface area contributed by atoms with Gasteiger partial charge < -0.3 is 14.6 Å². The van der Waals surface area contributed by atoms with Gasteiger partial charge in [-0.2, -0.15) is 4.98 Å². The zero-order chi connectivity index (χ0) is 9.80. The number of aromatic nitrogens is 2. The van der Waals surface area contributed by atoms with Crippen molar-refractivity contribution in [2.24, 2.45) is 5.92 Å². The summed E-state index contributed by atoms with van der Waals surface area (Å²) in [6.45, 7) is 4.44.